The molecule has 4 rings (SSSR count). The number of β-amino-alcohol motifs (C(OH)–C–C–N with tert-alkyl or cyclic N) is 1. The first-order valence-corrected chi connectivity index (χ1v) is 12.1. The van der Waals surface area contributed by atoms with Gasteiger partial charge in [0.05, 0.1) is 12.1 Å². The molecule has 1 aromatic heterocycles. The van der Waals surface area contributed by atoms with Gasteiger partial charge in [0.15, 0.2) is 0 Å². The lowest BCUT2D eigenvalue weighted by atomic mass is 10.00. The molecule has 1 saturated heterocycles. The molecule has 0 spiro atoms. The van der Waals surface area contributed by atoms with Crippen LogP contribution in [0.3, 0.4) is 0 Å². The number of aliphatic hydroxyl groups is 1. The Morgan fingerprint density at radius 2 is 1.94 bits per heavy atom. The van der Waals surface area contributed by atoms with Crippen LogP contribution < -0.4 is 10.6 Å². The molecule has 34 heavy (non-hydrogen) atoms. The summed E-state index contributed by atoms with van der Waals surface area (Å²) >= 11 is 0. The maximum absolute atomic E-state index is 12.6. The summed E-state index contributed by atoms with van der Waals surface area (Å²) in [6.07, 6.45) is 2.50. The fourth-order valence-corrected chi connectivity index (χ4v) is 4.50. The predicted molar refractivity (Wildman–Crippen MR) is 131 cm³/mol. The van der Waals surface area contributed by atoms with Crippen molar-refractivity contribution < 1.29 is 14.7 Å². The van der Waals surface area contributed by atoms with E-state index in [2.05, 4.69) is 38.7 Å². The van der Waals surface area contributed by atoms with Crippen molar-refractivity contribution in [2.75, 3.05) is 38.0 Å². The van der Waals surface area contributed by atoms with Crippen molar-refractivity contribution in [1.82, 2.24) is 20.1 Å². The van der Waals surface area contributed by atoms with Gasteiger partial charge in [0, 0.05) is 57.4 Å². The largest absolute Gasteiger partial charge is 0.390 e. The quantitative estimate of drug-likeness (QED) is 0.523. The monoisotopic (exact) mass is 465 g/mol. The molecular formula is C26H35N5O3. The van der Waals surface area contributed by atoms with Crippen molar-refractivity contribution >= 4 is 17.6 Å². The highest BCUT2D eigenvalue weighted by atomic mass is 16.3. The smallest absolute Gasteiger partial charge is 0.251 e. The first-order valence-electron chi connectivity index (χ1n) is 12.1. The van der Waals surface area contributed by atoms with Crippen LogP contribution in [0.2, 0.25) is 0 Å². The van der Waals surface area contributed by atoms with Crippen molar-refractivity contribution in [3.63, 3.8) is 0 Å². The lowest BCUT2D eigenvalue weighted by Gasteiger charge is -2.40. The van der Waals surface area contributed by atoms with Crippen molar-refractivity contribution in [3.05, 3.63) is 59.3 Å². The van der Waals surface area contributed by atoms with Crippen molar-refractivity contribution in [2.24, 2.45) is 5.92 Å². The number of amides is 2. The lowest BCUT2D eigenvalue weighted by molar-refractivity contribution is -0.135. The average molecular weight is 466 g/mol. The van der Waals surface area contributed by atoms with E-state index in [4.69, 9.17) is 0 Å². The summed E-state index contributed by atoms with van der Waals surface area (Å²) in [5.41, 5.74) is 3.17. The first kappa shape index (κ1) is 24.2. The minimum absolute atomic E-state index is 0.137. The molecule has 182 valence electrons. The van der Waals surface area contributed by atoms with Gasteiger partial charge in [-0.3, -0.25) is 14.5 Å². The Bertz CT molecular complexity index is 1010. The van der Waals surface area contributed by atoms with Crippen LogP contribution in [-0.4, -0.2) is 76.6 Å². The van der Waals surface area contributed by atoms with Gasteiger partial charge in [0.1, 0.15) is 5.82 Å². The number of hydrogen-bond donors (Lipinski definition) is 3. The van der Waals surface area contributed by atoms with Crippen LogP contribution in [0.5, 0.6) is 0 Å². The number of fused-ring (bicyclic) bond motifs is 1. The summed E-state index contributed by atoms with van der Waals surface area (Å²) in [5.74, 6) is 0.907. The minimum atomic E-state index is -0.641. The van der Waals surface area contributed by atoms with Gasteiger partial charge in [-0.1, -0.05) is 38.1 Å². The van der Waals surface area contributed by atoms with Gasteiger partial charge in [-0.05, 0) is 35.6 Å². The third kappa shape index (κ3) is 6.33. The zero-order valence-electron chi connectivity index (χ0n) is 20.0. The van der Waals surface area contributed by atoms with E-state index >= 15 is 0 Å². The molecule has 2 aliphatic rings. The average Bonchev–Trinajstić information content (AvgIpc) is 2.79. The third-order valence-electron chi connectivity index (χ3n) is 6.37. The maximum atomic E-state index is 12.6. The molecule has 2 aliphatic heterocycles. The molecule has 1 fully saturated rings. The molecule has 0 unspecified atom stereocenters. The SMILES string of the molecule is CC(C)CC(=O)N1CC(Nc2cc(C(=O)NC[C@H](O)CN3CCc4ccccc4C3)ccn2)C1. The maximum Gasteiger partial charge on any atom is 0.251 e. The van der Waals surface area contributed by atoms with E-state index in [9.17, 15) is 14.7 Å². The van der Waals surface area contributed by atoms with Gasteiger partial charge < -0.3 is 20.6 Å². The van der Waals surface area contributed by atoms with E-state index in [0.29, 0.717) is 43.4 Å². The van der Waals surface area contributed by atoms with Crippen molar-refractivity contribution in [2.45, 2.75) is 45.4 Å². The number of likely N-dealkylation sites (tertiary alicyclic amines) is 1. The van der Waals surface area contributed by atoms with Crippen LogP contribution in [0.15, 0.2) is 42.6 Å². The van der Waals surface area contributed by atoms with Crippen LogP contribution in [0.25, 0.3) is 0 Å². The number of hydrogen-bond acceptors (Lipinski definition) is 6. The Kier molecular flexibility index (Phi) is 7.80. The number of aliphatic hydroxyl groups excluding tert-OH is 1. The van der Waals surface area contributed by atoms with E-state index in [-0.39, 0.29) is 24.4 Å². The number of nitrogens with one attached hydrogen (secondary N) is 2. The predicted octanol–water partition coefficient (Wildman–Crippen LogP) is 1.90. The van der Waals surface area contributed by atoms with Crippen molar-refractivity contribution in [1.29, 1.82) is 0 Å². The molecule has 1 atom stereocenters. The van der Waals surface area contributed by atoms with Crippen molar-refractivity contribution in [3.8, 4) is 0 Å². The molecular weight excluding hydrogens is 430 g/mol. The van der Waals surface area contributed by atoms with E-state index < -0.39 is 6.10 Å². The Labute approximate surface area is 201 Å². The Morgan fingerprint density at radius 3 is 2.71 bits per heavy atom. The fraction of sp³-hybridized carbons (Fsp3) is 0.500. The molecule has 8 nitrogen and oxygen atoms in total. The Hall–Kier alpha value is -2.97. The highest BCUT2D eigenvalue weighted by molar-refractivity contribution is 5.94. The summed E-state index contributed by atoms with van der Waals surface area (Å²) in [6.45, 7) is 7.82. The highest BCUT2D eigenvalue weighted by Gasteiger charge is 2.30. The molecule has 0 aliphatic carbocycles. The number of carbonyl (C=O) groups excluding carboxylic acids is 2. The van der Waals surface area contributed by atoms with Gasteiger partial charge >= 0.3 is 0 Å². The van der Waals surface area contributed by atoms with E-state index in [1.54, 1.807) is 18.3 Å². The van der Waals surface area contributed by atoms with Gasteiger partial charge in [-0.25, -0.2) is 4.98 Å². The first-order chi connectivity index (χ1) is 16.4. The van der Waals surface area contributed by atoms with Crippen LogP contribution in [0.1, 0.15) is 41.8 Å². The molecule has 3 heterocycles. The summed E-state index contributed by atoms with van der Waals surface area (Å²) in [5, 5.41) is 16.6. The molecule has 2 amide bonds. The standard InChI is InChI=1S/C26H35N5O3/c1-18(2)11-25(33)31-15-22(16-31)29-24-12-20(7-9-27-24)26(34)28-13-23(32)17-30-10-8-19-5-3-4-6-21(19)14-30/h3-7,9,12,18,22-23,32H,8,10-11,13-17H2,1-2H3,(H,27,29)(H,28,34)/t23-/m0/s1. The Balaban J connectivity index is 1.20. The second-order valence-corrected chi connectivity index (χ2v) is 9.79. The summed E-state index contributed by atoms with van der Waals surface area (Å²) in [4.78, 5) is 33.1. The highest BCUT2D eigenvalue weighted by Crippen LogP contribution is 2.19. The Morgan fingerprint density at radius 1 is 1.18 bits per heavy atom. The zero-order valence-corrected chi connectivity index (χ0v) is 20.0. The van der Waals surface area contributed by atoms with Crippen LogP contribution in [-0.2, 0) is 17.8 Å². The zero-order chi connectivity index (χ0) is 24.1. The molecule has 1 aromatic carbocycles. The van der Waals surface area contributed by atoms with Gasteiger partial charge in [-0.15, -0.1) is 0 Å². The topological polar surface area (TPSA) is 97.8 Å². The van der Waals surface area contributed by atoms with Crippen LogP contribution in [0.4, 0.5) is 5.82 Å². The van der Waals surface area contributed by atoms with Crippen LogP contribution >= 0.6 is 0 Å². The van der Waals surface area contributed by atoms with E-state index in [1.807, 2.05) is 24.8 Å². The van der Waals surface area contributed by atoms with E-state index in [1.165, 1.54) is 11.1 Å². The molecule has 0 bridgehead atoms. The molecule has 2 aromatic rings. The number of aromatic nitrogens is 1. The van der Waals surface area contributed by atoms with E-state index in [0.717, 1.165) is 19.5 Å². The minimum Gasteiger partial charge on any atom is -0.390 e. The summed E-state index contributed by atoms with van der Waals surface area (Å²) in [7, 11) is 0. The summed E-state index contributed by atoms with van der Waals surface area (Å²) < 4.78 is 0. The normalized spacial score (nSPS) is 17.1. The lowest BCUT2D eigenvalue weighted by Crippen LogP contribution is -2.57. The number of anilines is 1. The number of pyridine rings is 1. The molecule has 3 N–H and O–H groups in total. The van der Waals surface area contributed by atoms with Gasteiger partial charge in [0.25, 0.3) is 5.91 Å². The van der Waals surface area contributed by atoms with Gasteiger partial charge in [0.2, 0.25) is 5.91 Å². The number of carbonyl (C=O) groups is 2. The molecule has 0 radical (unpaired) electrons. The fourth-order valence-electron chi connectivity index (χ4n) is 4.50. The van der Waals surface area contributed by atoms with Crippen LogP contribution in [0, 0.1) is 5.92 Å². The second-order valence-electron chi connectivity index (χ2n) is 9.79. The number of benzene rings is 1. The van der Waals surface area contributed by atoms with Gasteiger partial charge in [-0.2, -0.15) is 0 Å². The molecule has 8 heteroatoms. The molecule has 0 saturated carbocycles. The summed E-state index contributed by atoms with van der Waals surface area (Å²) in [6, 6.07) is 11.9. The number of nitrogens with zero attached hydrogens (tertiary/aromatic N) is 3. The second kappa shape index (κ2) is 11.0. The third-order valence-corrected chi connectivity index (χ3v) is 6.37. The number of rotatable bonds is 9.